The van der Waals surface area contributed by atoms with E-state index >= 15 is 0 Å². The zero-order chi connectivity index (χ0) is 9.90. The SMILES string of the molecule is CCC1(NC(=O)C(C)S)CCCC1. The lowest BCUT2D eigenvalue weighted by atomic mass is 9.94. The van der Waals surface area contributed by atoms with E-state index in [0.29, 0.717) is 0 Å². The highest BCUT2D eigenvalue weighted by Crippen LogP contribution is 2.32. The Bertz CT molecular complexity index is 185. The van der Waals surface area contributed by atoms with Gasteiger partial charge in [-0.05, 0) is 26.2 Å². The molecule has 76 valence electrons. The van der Waals surface area contributed by atoms with E-state index in [1.165, 1.54) is 12.8 Å². The molecule has 1 fully saturated rings. The molecule has 0 aromatic carbocycles. The predicted molar refractivity (Wildman–Crippen MR) is 58.1 cm³/mol. The molecule has 1 saturated carbocycles. The molecule has 1 aliphatic rings. The second-order valence-corrected chi connectivity index (χ2v) is 4.78. The lowest BCUT2D eigenvalue weighted by molar-refractivity contribution is -0.122. The van der Waals surface area contributed by atoms with Crippen molar-refractivity contribution in [3.05, 3.63) is 0 Å². The van der Waals surface area contributed by atoms with Gasteiger partial charge in [-0.25, -0.2) is 0 Å². The Balaban J connectivity index is 2.53. The maximum absolute atomic E-state index is 11.5. The van der Waals surface area contributed by atoms with E-state index in [1.54, 1.807) is 0 Å². The Morgan fingerprint density at radius 3 is 2.46 bits per heavy atom. The van der Waals surface area contributed by atoms with Gasteiger partial charge in [0.25, 0.3) is 0 Å². The summed E-state index contributed by atoms with van der Waals surface area (Å²) in [5.74, 6) is 0.0760. The smallest absolute Gasteiger partial charge is 0.232 e. The fraction of sp³-hybridized carbons (Fsp3) is 0.900. The first-order valence-corrected chi connectivity index (χ1v) is 5.61. The van der Waals surface area contributed by atoms with Crippen LogP contribution in [0.4, 0.5) is 0 Å². The third kappa shape index (κ3) is 2.63. The van der Waals surface area contributed by atoms with Gasteiger partial charge in [-0.1, -0.05) is 19.8 Å². The molecule has 0 heterocycles. The van der Waals surface area contributed by atoms with E-state index in [0.717, 1.165) is 19.3 Å². The topological polar surface area (TPSA) is 29.1 Å². The summed E-state index contributed by atoms with van der Waals surface area (Å²) in [6, 6.07) is 0. The standard InChI is InChI=1S/C10H19NOS/c1-3-10(6-4-5-7-10)11-9(12)8(2)13/h8,13H,3-7H2,1-2H3,(H,11,12). The van der Waals surface area contributed by atoms with E-state index in [-0.39, 0.29) is 16.7 Å². The van der Waals surface area contributed by atoms with Crippen LogP contribution in [0.15, 0.2) is 0 Å². The summed E-state index contributed by atoms with van der Waals surface area (Å²) in [7, 11) is 0. The summed E-state index contributed by atoms with van der Waals surface area (Å²) in [5, 5.41) is 2.94. The van der Waals surface area contributed by atoms with Crippen LogP contribution in [0.1, 0.15) is 46.0 Å². The van der Waals surface area contributed by atoms with Crippen LogP contribution in [0.3, 0.4) is 0 Å². The highest BCUT2D eigenvalue weighted by Gasteiger charge is 2.33. The van der Waals surface area contributed by atoms with Crippen LogP contribution in [0.5, 0.6) is 0 Å². The predicted octanol–water partition coefficient (Wildman–Crippen LogP) is 2.14. The molecule has 13 heavy (non-hydrogen) atoms. The first-order chi connectivity index (χ1) is 6.09. The Morgan fingerprint density at radius 2 is 2.08 bits per heavy atom. The first-order valence-electron chi connectivity index (χ1n) is 5.10. The van der Waals surface area contributed by atoms with Crippen molar-refractivity contribution in [3.63, 3.8) is 0 Å². The molecule has 0 aromatic heterocycles. The number of nitrogens with one attached hydrogen (secondary N) is 1. The van der Waals surface area contributed by atoms with Crippen molar-refractivity contribution in [1.29, 1.82) is 0 Å². The monoisotopic (exact) mass is 201 g/mol. The van der Waals surface area contributed by atoms with Crippen molar-refractivity contribution in [2.24, 2.45) is 0 Å². The third-order valence-electron chi connectivity index (χ3n) is 3.01. The second-order valence-electron chi connectivity index (χ2n) is 4.01. The molecule has 1 unspecified atom stereocenters. The number of amides is 1. The van der Waals surface area contributed by atoms with Gasteiger partial charge in [0.15, 0.2) is 0 Å². The van der Waals surface area contributed by atoms with Gasteiger partial charge in [-0.3, -0.25) is 4.79 Å². The van der Waals surface area contributed by atoms with Gasteiger partial charge in [0.1, 0.15) is 0 Å². The highest BCUT2D eigenvalue weighted by atomic mass is 32.1. The molecule has 1 aliphatic carbocycles. The van der Waals surface area contributed by atoms with Crippen molar-refractivity contribution in [1.82, 2.24) is 5.32 Å². The Labute approximate surface area is 85.9 Å². The first kappa shape index (κ1) is 10.9. The zero-order valence-electron chi connectivity index (χ0n) is 8.47. The summed E-state index contributed by atoms with van der Waals surface area (Å²) in [6.07, 6.45) is 5.80. The number of hydrogen-bond donors (Lipinski definition) is 2. The van der Waals surface area contributed by atoms with Crippen molar-refractivity contribution in [2.75, 3.05) is 0 Å². The average molecular weight is 201 g/mol. The lowest BCUT2D eigenvalue weighted by Crippen LogP contribution is -2.48. The molecule has 0 saturated heterocycles. The molecule has 1 amide bonds. The maximum atomic E-state index is 11.5. The fourth-order valence-electron chi connectivity index (χ4n) is 1.98. The minimum atomic E-state index is -0.191. The molecular weight excluding hydrogens is 182 g/mol. The van der Waals surface area contributed by atoms with Crippen LogP contribution in [-0.4, -0.2) is 16.7 Å². The van der Waals surface area contributed by atoms with E-state index in [1.807, 2.05) is 6.92 Å². The van der Waals surface area contributed by atoms with Crippen molar-refractivity contribution in [2.45, 2.75) is 56.7 Å². The number of rotatable bonds is 3. The highest BCUT2D eigenvalue weighted by molar-refractivity contribution is 7.81. The summed E-state index contributed by atoms with van der Waals surface area (Å²) >= 11 is 4.13. The van der Waals surface area contributed by atoms with Gasteiger partial charge >= 0.3 is 0 Å². The Hall–Kier alpha value is -0.180. The molecule has 1 rings (SSSR count). The molecule has 0 aliphatic heterocycles. The Kier molecular flexibility index (Phi) is 3.65. The number of carbonyl (C=O) groups is 1. The lowest BCUT2D eigenvalue weighted by Gasteiger charge is -2.29. The average Bonchev–Trinajstić information content (AvgIpc) is 2.54. The molecule has 1 atom stereocenters. The quantitative estimate of drug-likeness (QED) is 0.673. The zero-order valence-corrected chi connectivity index (χ0v) is 9.36. The van der Waals surface area contributed by atoms with Crippen molar-refractivity contribution in [3.8, 4) is 0 Å². The van der Waals surface area contributed by atoms with E-state index in [2.05, 4.69) is 24.9 Å². The number of carbonyl (C=O) groups excluding carboxylic acids is 1. The van der Waals surface area contributed by atoms with E-state index in [4.69, 9.17) is 0 Å². The van der Waals surface area contributed by atoms with Gasteiger partial charge in [-0.2, -0.15) is 12.6 Å². The molecule has 0 radical (unpaired) electrons. The number of thiol groups is 1. The van der Waals surface area contributed by atoms with Gasteiger partial charge in [0.2, 0.25) is 5.91 Å². The molecule has 2 nitrogen and oxygen atoms in total. The van der Waals surface area contributed by atoms with Gasteiger partial charge in [0.05, 0.1) is 5.25 Å². The molecular formula is C10H19NOS. The number of hydrogen-bond acceptors (Lipinski definition) is 2. The fourth-order valence-corrected chi connectivity index (χ4v) is 2.05. The van der Waals surface area contributed by atoms with Crippen LogP contribution < -0.4 is 5.32 Å². The van der Waals surface area contributed by atoms with Gasteiger partial charge in [0, 0.05) is 5.54 Å². The van der Waals surface area contributed by atoms with Crippen molar-refractivity contribution >= 4 is 18.5 Å². The molecule has 1 N–H and O–H groups in total. The summed E-state index contributed by atoms with van der Waals surface area (Å²) in [6.45, 7) is 3.96. The van der Waals surface area contributed by atoms with Crippen LogP contribution >= 0.6 is 12.6 Å². The van der Waals surface area contributed by atoms with E-state index in [9.17, 15) is 4.79 Å². The van der Waals surface area contributed by atoms with Gasteiger partial charge in [-0.15, -0.1) is 0 Å². The normalized spacial score (nSPS) is 22.7. The van der Waals surface area contributed by atoms with Crippen LogP contribution in [-0.2, 0) is 4.79 Å². The van der Waals surface area contributed by atoms with E-state index < -0.39 is 0 Å². The van der Waals surface area contributed by atoms with Crippen LogP contribution in [0, 0.1) is 0 Å². The van der Waals surface area contributed by atoms with Crippen molar-refractivity contribution < 1.29 is 4.79 Å². The second kappa shape index (κ2) is 4.36. The summed E-state index contributed by atoms with van der Waals surface area (Å²) < 4.78 is 0. The Morgan fingerprint density at radius 1 is 1.54 bits per heavy atom. The minimum Gasteiger partial charge on any atom is -0.350 e. The molecule has 0 spiro atoms. The minimum absolute atomic E-state index is 0.0760. The molecule has 0 aromatic rings. The molecule has 3 heteroatoms. The van der Waals surface area contributed by atoms with Crippen LogP contribution in [0.2, 0.25) is 0 Å². The third-order valence-corrected chi connectivity index (χ3v) is 3.24. The van der Waals surface area contributed by atoms with Crippen LogP contribution in [0.25, 0.3) is 0 Å². The maximum Gasteiger partial charge on any atom is 0.232 e. The molecule has 0 bridgehead atoms. The summed E-state index contributed by atoms with van der Waals surface area (Å²) in [4.78, 5) is 11.5. The largest absolute Gasteiger partial charge is 0.350 e. The van der Waals surface area contributed by atoms with Gasteiger partial charge < -0.3 is 5.32 Å². The summed E-state index contributed by atoms with van der Waals surface area (Å²) in [5.41, 5.74) is 0.0913.